The molecule has 1 N–H and O–H groups in total. The average molecular weight is 495 g/mol. The van der Waals surface area contributed by atoms with Crippen molar-refractivity contribution >= 4 is 41.5 Å². The van der Waals surface area contributed by atoms with Crippen molar-refractivity contribution in [1.82, 2.24) is 0 Å². The highest BCUT2D eigenvalue weighted by molar-refractivity contribution is 9.10. The van der Waals surface area contributed by atoms with Crippen LogP contribution in [0.4, 0.5) is 10.1 Å². The SMILES string of the molecule is Cc1cc(NS(=O)(=O)Cc2ccc(Br)cc2F)cc(C)c1S(=O)(=O)C[N+](=O)[O-]. The molecule has 0 saturated heterocycles. The van der Waals surface area contributed by atoms with E-state index in [1.165, 1.54) is 38.1 Å². The van der Waals surface area contributed by atoms with Gasteiger partial charge in [0.15, 0.2) is 0 Å². The summed E-state index contributed by atoms with van der Waals surface area (Å²) >= 11 is 3.09. The smallest absolute Gasteiger partial charge is 0.283 e. The Labute approximate surface area is 170 Å². The lowest BCUT2D eigenvalue weighted by Crippen LogP contribution is -2.18. The predicted molar refractivity (Wildman–Crippen MR) is 105 cm³/mol. The standard InChI is InChI=1S/C16H16BrFN2O6S2/c1-10-5-14(6-11(2)16(10)27(23,24)9-20(21)22)19-28(25,26)8-12-3-4-13(17)7-15(12)18/h3-7,19H,8-9H2,1-2H3. The van der Waals surface area contributed by atoms with E-state index >= 15 is 0 Å². The number of nitro groups is 1. The molecule has 0 atom stereocenters. The molecular formula is C16H16BrFN2O6S2. The van der Waals surface area contributed by atoms with Crippen molar-refractivity contribution in [3.8, 4) is 0 Å². The first kappa shape index (κ1) is 22.2. The quantitative estimate of drug-likeness (QED) is 0.465. The number of hydrogen-bond donors (Lipinski definition) is 1. The second-order valence-corrected chi connectivity index (χ2v) is 10.6. The van der Waals surface area contributed by atoms with Crippen molar-refractivity contribution in [2.75, 3.05) is 10.6 Å². The van der Waals surface area contributed by atoms with E-state index in [-0.39, 0.29) is 27.3 Å². The van der Waals surface area contributed by atoms with Gasteiger partial charge in [0.2, 0.25) is 19.9 Å². The fraction of sp³-hybridized carbons (Fsp3) is 0.250. The molecule has 2 aromatic carbocycles. The highest BCUT2D eigenvalue weighted by Gasteiger charge is 2.26. The zero-order chi connectivity index (χ0) is 21.3. The van der Waals surface area contributed by atoms with Gasteiger partial charge >= 0.3 is 5.88 Å². The van der Waals surface area contributed by atoms with E-state index in [9.17, 15) is 31.3 Å². The monoisotopic (exact) mass is 494 g/mol. The third-order valence-corrected chi connectivity index (χ3v) is 7.23. The Morgan fingerprint density at radius 1 is 1.11 bits per heavy atom. The van der Waals surface area contributed by atoms with E-state index in [0.29, 0.717) is 4.47 Å². The lowest BCUT2D eigenvalue weighted by Gasteiger charge is -2.14. The topological polar surface area (TPSA) is 123 Å². The molecule has 0 aliphatic heterocycles. The maximum Gasteiger partial charge on any atom is 0.305 e. The van der Waals surface area contributed by atoms with Crippen LogP contribution >= 0.6 is 15.9 Å². The van der Waals surface area contributed by atoms with Gasteiger partial charge in [-0.2, -0.15) is 0 Å². The van der Waals surface area contributed by atoms with Gasteiger partial charge in [-0.3, -0.25) is 14.8 Å². The molecule has 152 valence electrons. The second-order valence-electron chi connectivity index (χ2n) is 6.11. The normalized spacial score (nSPS) is 12.0. The van der Waals surface area contributed by atoms with Crippen molar-refractivity contribution in [1.29, 1.82) is 0 Å². The number of aryl methyl sites for hydroxylation is 2. The van der Waals surface area contributed by atoms with E-state index < -0.39 is 42.2 Å². The van der Waals surface area contributed by atoms with Crippen LogP contribution in [0.2, 0.25) is 0 Å². The van der Waals surface area contributed by atoms with E-state index in [0.717, 1.165) is 6.07 Å². The molecule has 0 unspecified atom stereocenters. The Bertz CT molecular complexity index is 1130. The fourth-order valence-corrected chi connectivity index (χ4v) is 5.79. The first-order valence-electron chi connectivity index (χ1n) is 7.71. The van der Waals surface area contributed by atoms with Gasteiger partial charge in [0.05, 0.1) is 10.6 Å². The van der Waals surface area contributed by atoms with Crippen LogP contribution in [-0.2, 0) is 25.6 Å². The molecule has 2 rings (SSSR count). The number of hydrogen-bond acceptors (Lipinski definition) is 6. The summed E-state index contributed by atoms with van der Waals surface area (Å²) in [6.45, 7) is 2.82. The minimum absolute atomic E-state index is 0.0330. The van der Waals surface area contributed by atoms with Crippen LogP contribution < -0.4 is 4.72 Å². The number of sulfone groups is 1. The van der Waals surface area contributed by atoms with Gasteiger partial charge in [0.25, 0.3) is 0 Å². The van der Waals surface area contributed by atoms with Crippen LogP contribution in [0.1, 0.15) is 16.7 Å². The van der Waals surface area contributed by atoms with Gasteiger partial charge in [-0.05, 0) is 49.2 Å². The van der Waals surface area contributed by atoms with Gasteiger partial charge in [0, 0.05) is 20.6 Å². The van der Waals surface area contributed by atoms with Crippen LogP contribution in [-0.4, -0.2) is 27.6 Å². The zero-order valence-corrected chi connectivity index (χ0v) is 18.0. The first-order valence-corrected chi connectivity index (χ1v) is 11.8. The maximum absolute atomic E-state index is 13.9. The van der Waals surface area contributed by atoms with Gasteiger partial charge < -0.3 is 0 Å². The Morgan fingerprint density at radius 3 is 2.18 bits per heavy atom. The summed E-state index contributed by atoms with van der Waals surface area (Å²) in [5.41, 5.74) is 0.366. The first-order chi connectivity index (χ1) is 12.8. The molecule has 8 nitrogen and oxygen atoms in total. The summed E-state index contributed by atoms with van der Waals surface area (Å²) in [6.07, 6.45) is 0. The predicted octanol–water partition coefficient (Wildman–Crippen LogP) is 3.15. The fourth-order valence-electron chi connectivity index (χ4n) is 2.76. The largest absolute Gasteiger partial charge is 0.305 e. The zero-order valence-electron chi connectivity index (χ0n) is 14.8. The molecule has 0 aliphatic carbocycles. The number of anilines is 1. The number of sulfonamides is 1. The van der Waals surface area contributed by atoms with Crippen molar-refractivity contribution < 1.29 is 26.1 Å². The van der Waals surface area contributed by atoms with E-state index in [1.807, 2.05) is 0 Å². The Morgan fingerprint density at radius 2 is 1.68 bits per heavy atom. The minimum atomic E-state index is -4.17. The lowest BCUT2D eigenvalue weighted by molar-refractivity contribution is -0.458. The molecule has 0 heterocycles. The molecular weight excluding hydrogens is 479 g/mol. The number of nitrogens with zero attached hydrogens (tertiary/aromatic N) is 1. The van der Waals surface area contributed by atoms with Crippen molar-refractivity contribution in [2.45, 2.75) is 24.5 Å². The van der Waals surface area contributed by atoms with Crippen LogP contribution in [0.25, 0.3) is 0 Å². The van der Waals surface area contributed by atoms with Gasteiger partial charge in [0.1, 0.15) is 5.82 Å². The molecule has 0 radical (unpaired) electrons. The van der Waals surface area contributed by atoms with Crippen LogP contribution in [0.5, 0.6) is 0 Å². The van der Waals surface area contributed by atoms with Crippen LogP contribution in [0.3, 0.4) is 0 Å². The number of rotatable bonds is 7. The molecule has 0 aromatic heterocycles. The van der Waals surface area contributed by atoms with E-state index in [1.54, 1.807) is 0 Å². The average Bonchev–Trinajstić information content (AvgIpc) is 2.47. The molecule has 12 heteroatoms. The molecule has 28 heavy (non-hydrogen) atoms. The Hall–Kier alpha value is -2.05. The molecule has 2 aromatic rings. The summed E-state index contributed by atoms with van der Waals surface area (Å²) < 4.78 is 65.7. The van der Waals surface area contributed by atoms with Crippen molar-refractivity contribution in [3.05, 3.63) is 67.4 Å². The van der Waals surface area contributed by atoms with Crippen molar-refractivity contribution in [3.63, 3.8) is 0 Å². The molecule has 0 saturated carbocycles. The molecule has 0 aliphatic rings. The van der Waals surface area contributed by atoms with E-state index in [2.05, 4.69) is 20.7 Å². The number of halogens is 2. The number of nitrogens with one attached hydrogen (secondary N) is 1. The Kier molecular flexibility index (Phi) is 6.46. The third-order valence-electron chi connectivity index (χ3n) is 3.68. The summed E-state index contributed by atoms with van der Waals surface area (Å²) in [4.78, 5) is 9.43. The molecule has 0 spiro atoms. The molecule has 0 amide bonds. The Balaban J connectivity index is 2.33. The molecule has 0 fully saturated rings. The summed E-state index contributed by atoms with van der Waals surface area (Å²) in [5.74, 6) is -2.57. The van der Waals surface area contributed by atoms with Crippen LogP contribution in [0, 0.1) is 29.8 Å². The summed E-state index contributed by atoms with van der Waals surface area (Å²) in [7, 11) is -8.16. The maximum atomic E-state index is 13.9. The second kappa shape index (κ2) is 8.13. The van der Waals surface area contributed by atoms with Crippen molar-refractivity contribution in [2.24, 2.45) is 0 Å². The van der Waals surface area contributed by atoms with E-state index in [4.69, 9.17) is 0 Å². The van der Waals surface area contributed by atoms with Crippen LogP contribution in [0.15, 0.2) is 39.7 Å². The van der Waals surface area contributed by atoms with Gasteiger partial charge in [-0.25, -0.2) is 21.2 Å². The summed E-state index contributed by atoms with van der Waals surface area (Å²) in [6, 6.07) is 6.51. The van der Waals surface area contributed by atoms with Gasteiger partial charge in [-0.15, -0.1) is 0 Å². The summed E-state index contributed by atoms with van der Waals surface area (Å²) in [5, 5.41) is 10.6. The lowest BCUT2D eigenvalue weighted by atomic mass is 10.1. The van der Waals surface area contributed by atoms with Gasteiger partial charge in [-0.1, -0.05) is 22.0 Å². The highest BCUT2D eigenvalue weighted by atomic mass is 79.9. The minimum Gasteiger partial charge on any atom is -0.283 e. The number of benzene rings is 2. The molecule has 0 bridgehead atoms. The third kappa shape index (κ3) is 5.49. The highest BCUT2D eigenvalue weighted by Crippen LogP contribution is 2.27.